The number of benzene rings is 1. The van der Waals surface area contributed by atoms with Crippen LogP contribution in [0.3, 0.4) is 0 Å². The number of nitrogens with zero attached hydrogens (tertiary/aromatic N) is 2. The van der Waals surface area contributed by atoms with Crippen LogP contribution in [0.15, 0.2) is 22.7 Å². The van der Waals surface area contributed by atoms with E-state index < -0.39 is 0 Å². The second kappa shape index (κ2) is 7.41. The smallest absolute Gasteiger partial charge is 0.123 e. The van der Waals surface area contributed by atoms with Crippen LogP contribution in [-0.2, 0) is 0 Å². The van der Waals surface area contributed by atoms with E-state index in [4.69, 9.17) is 4.74 Å². The van der Waals surface area contributed by atoms with Gasteiger partial charge in [0.2, 0.25) is 0 Å². The molecule has 1 aromatic carbocycles. The van der Waals surface area contributed by atoms with Gasteiger partial charge in [0.25, 0.3) is 0 Å². The van der Waals surface area contributed by atoms with E-state index in [0.717, 1.165) is 42.9 Å². The zero-order valence-corrected chi connectivity index (χ0v) is 14.1. The fourth-order valence-corrected chi connectivity index (χ4v) is 3.09. The van der Waals surface area contributed by atoms with Crippen LogP contribution >= 0.6 is 15.9 Å². The summed E-state index contributed by atoms with van der Waals surface area (Å²) in [4.78, 5) is 4.79. The van der Waals surface area contributed by atoms with Crippen molar-refractivity contribution in [2.24, 2.45) is 0 Å². The van der Waals surface area contributed by atoms with Crippen molar-refractivity contribution in [3.63, 3.8) is 0 Å². The zero-order chi connectivity index (χ0) is 14.5. The number of hydrogen-bond acceptors (Lipinski definition) is 4. The third-order valence-electron chi connectivity index (χ3n) is 3.68. The maximum Gasteiger partial charge on any atom is 0.123 e. The van der Waals surface area contributed by atoms with Gasteiger partial charge >= 0.3 is 0 Å². The average Bonchev–Trinajstić information content (AvgIpc) is 2.45. The number of piperazine rings is 1. The first-order chi connectivity index (χ1) is 9.61. The highest BCUT2D eigenvalue weighted by Gasteiger charge is 2.25. The largest absolute Gasteiger partial charge is 0.496 e. The zero-order valence-electron chi connectivity index (χ0n) is 12.5. The van der Waals surface area contributed by atoms with E-state index in [1.54, 1.807) is 7.11 Å². The Kier molecular flexibility index (Phi) is 5.84. The first-order valence-electron chi connectivity index (χ1n) is 7.04. The van der Waals surface area contributed by atoms with Crippen LogP contribution in [0.4, 0.5) is 0 Å². The van der Waals surface area contributed by atoms with Gasteiger partial charge in [0.15, 0.2) is 0 Å². The molecule has 1 heterocycles. The first kappa shape index (κ1) is 15.8. The molecule has 5 heteroatoms. The lowest BCUT2D eigenvalue weighted by atomic mass is 10.0. The number of likely N-dealkylation sites (N-methyl/N-ethyl adjacent to an activating group) is 1. The minimum absolute atomic E-state index is 0.361. The molecule has 0 saturated carbocycles. The molecule has 0 aromatic heterocycles. The molecule has 0 radical (unpaired) electrons. The number of hydrogen-bond donors (Lipinski definition) is 1. The summed E-state index contributed by atoms with van der Waals surface area (Å²) in [6.45, 7) is 5.26. The molecular formula is C15H24BrN3O. The Morgan fingerprint density at radius 2 is 2.05 bits per heavy atom. The summed E-state index contributed by atoms with van der Waals surface area (Å²) in [6.07, 6.45) is 0. The molecule has 20 heavy (non-hydrogen) atoms. The van der Waals surface area contributed by atoms with E-state index in [1.165, 1.54) is 5.56 Å². The topological polar surface area (TPSA) is 27.7 Å². The van der Waals surface area contributed by atoms with E-state index in [0.29, 0.717) is 6.04 Å². The number of ether oxygens (including phenoxy) is 1. The van der Waals surface area contributed by atoms with E-state index in [-0.39, 0.29) is 0 Å². The standard InChI is InChI=1S/C15H24BrN3O/c1-18(2)11-14(19-8-6-17-7-9-19)13-10-12(16)4-5-15(13)20-3/h4-5,10,14,17H,6-9,11H2,1-3H3. The molecule has 0 amide bonds. The highest BCUT2D eigenvalue weighted by atomic mass is 79.9. The Morgan fingerprint density at radius 1 is 1.35 bits per heavy atom. The van der Waals surface area contributed by atoms with Gasteiger partial charge in [-0.3, -0.25) is 4.90 Å². The maximum absolute atomic E-state index is 5.57. The summed E-state index contributed by atoms with van der Waals surface area (Å²) in [5.74, 6) is 0.971. The Hall–Kier alpha value is -0.620. The van der Waals surface area contributed by atoms with Crippen LogP contribution in [0.5, 0.6) is 5.75 Å². The predicted molar refractivity (Wildman–Crippen MR) is 86.4 cm³/mol. The molecule has 1 saturated heterocycles. The highest BCUT2D eigenvalue weighted by molar-refractivity contribution is 9.10. The predicted octanol–water partition coefficient (Wildman–Crippen LogP) is 1.97. The van der Waals surface area contributed by atoms with Gasteiger partial charge in [-0.25, -0.2) is 0 Å². The average molecular weight is 342 g/mol. The minimum atomic E-state index is 0.361. The molecule has 0 spiro atoms. The summed E-state index contributed by atoms with van der Waals surface area (Å²) in [6, 6.07) is 6.63. The SMILES string of the molecule is COc1ccc(Br)cc1C(CN(C)C)N1CCNCC1. The van der Waals surface area contributed by atoms with Crippen LogP contribution < -0.4 is 10.1 Å². The summed E-state index contributed by atoms with van der Waals surface area (Å²) < 4.78 is 6.68. The molecule has 1 unspecified atom stereocenters. The van der Waals surface area contributed by atoms with Crippen LogP contribution in [0.25, 0.3) is 0 Å². The Bertz CT molecular complexity index is 433. The molecule has 1 atom stereocenters. The summed E-state index contributed by atoms with van der Waals surface area (Å²) >= 11 is 3.58. The lowest BCUT2D eigenvalue weighted by Crippen LogP contribution is -2.47. The number of methoxy groups -OCH3 is 1. The van der Waals surface area contributed by atoms with Crippen LogP contribution in [0, 0.1) is 0 Å². The van der Waals surface area contributed by atoms with Crippen molar-refractivity contribution in [2.75, 3.05) is 53.9 Å². The highest BCUT2D eigenvalue weighted by Crippen LogP contribution is 2.32. The van der Waals surface area contributed by atoms with Crippen molar-refractivity contribution in [3.05, 3.63) is 28.2 Å². The third kappa shape index (κ3) is 3.95. The Balaban J connectivity index is 2.31. The van der Waals surface area contributed by atoms with Gasteiger partial charge in [0, 0.05) is 42.8 Å². The monoisotopic (exact) mass is 341 g/mol. The van der Waals surface area contributed by atoms with E-state index in [9.17, 15) is 0 Å². The summed E-state index contributed by atoms with van der Waals surface area (Å²) in [7, 11) is 6.00. The third-order valence-corrected chi connectivity index (χ3v) is 4.17. The van der Waals surface area contributed by atoms with Gasteiger partial charge < -0.3 is 15.0 Å². The molecule has 0 bridgehead atoms. The normalized spacial score (nSPS) is 18.2. The molecule has 4 nitrogen and oxygen atoms in total. The van der Waals surface area contributed by atoms with Gasteiger partial charge in [0.1, 0.15) is 5.75 Å². The van der Waals surface area contributed by atoms with Crippen molar-refractivity contribution >= 4 is 15.9 Å². The van der Waals surface area contributed by atoms with Gasteiger partial charge in [0.05, 0.1) is 13.2 Å². The van der Waals surface area contributed by atoms with Crippen molar-refractivity contribution < 1.29 is 4.74 Å². The van der Waals surface area contributed by atoms with Crippen LogP contribution in [0.1, 0.15) is 11.6 Å². The summed E-state index contributed by atoms with van der Waals surface area (Å²) in [5.41, 5.74) is 1.26. The number of halogens is 1. The van der Waals surface area contributed by atoms with E-state index >= 15 is 0 Å². The molecule has 2 rings (SSSR count). The molecule has 1 fully saturated rings. The molecule has 1 aromatic rings. The number of rotatable bonds is 5. The first-order valence-corrected chi connectivity index (χ1v) is 7.84. The summed E-state index contributed by atoms with van der Waals surface area (Å²) in [5, 5.41) is 3.42. The maximum atomic E-state index is 5.57. The Morgan fingerprint density at radius 3 is 2.65 bits per heavy atom. The van der Waals surface area contributed by atoms with Gasteiger partial charge in [-0.05, 0) is 32.3 Å². The van der Waals surface area contributed by atoms with Gasteiger partial charge in [-0.2, -0.15) is 0 Å². The van der Waals surface area contributed by atoms with Crippen molar-refractivity contribution in [1.29, 1.82) is 0 Å². The molecule has 1 aliphatic rings. The second-order valence-electron chi connectivity index (χ2n) is 5.45. The Labute approximate surface area is 130 Å². The molecule has 0 aliphatic carbocycles. The van der Waals surface area contributed by atoms with E-state index in [2.05, 4.69) is 51.2 Å². The molecular weight excluding hydrogens is 318 g/mol. The van der Waals surface area contributed by atoms with Crippen LogP contribution in [0.2, 0.25) is 0 Å². The lowest BCUT2D eigenvalue weighted by molar-refractivity contribution is 0.142. The van der Waals surface area contributed by atoms with Crippen molar-refractivity contribution in [2.45, 2.75) is 6.04 Å². The fraction of sp³-hybridized carbons (Fsp3) is 0.600. The molecule has 1 aliphatic heterocycles. The second-order valence-corrected chi connectivity index (χ2v) is 6.37. The van der Waals surface area contributed by atoms with E-state index in [1.807, 2.05) is 12.1 Å². The van der Waals surface area contributed by atoms with Gasteiger partial charge in [-0.1, -0.05) is 15.9 Å². The molecule has 1 N–H and O–H groups in total. The fourth-order valence-electron chi connectivity index (χ4n) is 2.72. The van der Waals surface area contributed by atoms with Crippen molar-refractivity contribution in [1.82, 2.24) is 15.1 Å². The molecule has 112 valence electrons. The van der Waals surface area contributed by atoms with Crippen molar-refractivity contribution in [3.8, 4) is 5.75 Å². The number of nitrogens with one attached hydrogen (secondary N) is 1. The minimum Gasteiger partial charge on any atom is -0.496 e. The van der Waals surface area contributed by atoms with Crippen LogP contribution in [-0.4, -0.2) is 63.7 Å². The quantitative estimate of drug-likeness (QED) is 0.886. The lowest BCUT2D eigenvalue weighted by Gasteiger charge is -2.37. The van der Waals surface area contributed by atoms with Gasteiger partial charge in [-0.15, -0.1) is 0 Å².